The Kier molecular flexibility index (Phi) is 10.6. The Labute approximate surface area is 198 Å². The summed E-state index contributed by atoms with van der Waals surface area (Å²) in [6, 6.07) is 5.38. The SMILES string of the molecule is CCOP(=O)(OCC)C(F)(F)CCOCCOc1ccc(Cc2cnc(N)nc2C)c(OC)c1. The molecule has 34 heavy (non-hydrogen) atoms. The quantitative estimate of drug-likeness (QED) is 0.275. The average Bonchev–Trinajstić information content (AvgIpc) is 2.78. The molecule has 0 saturated carbocycles. The molecule has 0 unspecified atom stereocenters. The van der Waals surface area contributed by atoms with Crippen LogP contribution in [0.2, 0.25) is 0 Å². The zero-order valence-corrected chi connectivity index (χ0v) is 20.8. The summed E-state index contributed by atoms with van der Waals surface area (Å²) in [6.07, 6.45) is 1.45. The highest BCUT2D eigenvalue weighted by atomic mass is 31.2. The Balaban J connectivity index is 1.84. The van der Waals surface area contributed by atoms with Crippen LogP contribution in [-0.2, 0) is 24.8 Å². The van der Waals surface area contributed by atoms with E-state index in [9.17, 15) is 13.3 Å². The third kappa shape index (κ3) is 7.59. The minimum atomic E-state index is -4.54. The molecule has 0 aliphatic carbocycles. The van der Waals surface area contributed by atoms with Crippen LogP contribution >= 0.6 is 7.60 Å². The number of benzene rings is 1. The van der Waals surface area contributed by atoms with E-state index in [-0.39, 0.29) is 39.0 Å². The lowest BCUT2D eigenvalue weighted by Crippen LogP contribution is -2.23. The van der Waals surface area contributed by atoms with Gasteiger partial charge in [0.15, 0.2) is 0 Å². The topological polar surface area (TPSA) is 115 Å². The van der Waals surface area contributed by atoms with Gasteiger partial charge in [-0.1, -0.05) is 6.07 Å². The first-order valence-electron chi connectivity index (χ1n) is 10.9. The normalized spacial score (nSPS) is 12.1. The van der Waals surface area contributed by atoms with E-state index in [4.69, 9.17) is 29.0 Å². The Bertz CT molecular complexity index is 970. The number of hydrogen-bond acceptors (Lipinski definition) is 9. The lowest BCUT2D eigenvalue weighted by atomic mass is 10.0. The van der Waals surface area contributed by atoms with Crippen molar-refractivity contribution in [3.05, 3.63) is 41.2 Å². The highest BCUT2D eigenvalue weighted by Crippen LogP contribution is 2.63. The number of ether oxygens (including phenoxy) is 3. The number of aromatic nitrogens is 2. The molecule has 12 heteroatoms. The fraction of sp³-hybridized carbons (Fsp3) is 0.545. The van der Waals surface area contributed by atoms with Gasteiger partial charge in [0.1, 0.15) is 18.1 Å². The number of nitrogens with two attached hydrogens (primary N) is 1. The Morgan fingerprint density at radius 2 is 1.79 bits per heavy atom. The first-order valence-corrected chi connectivity index (χ1v) is 12.4. The third-order valence-electron chi connectivity index (χ3n) is 4.78. The summed E-state index contributed by atoms with van der Waals surface area (Å²) in [5, 5.41) is 0. The lowest BCUT2D eigenvalue weighted by Gasteiger charge is -2.25. The molecule has 0 radical (unpaired) electrons. The van der Waals surface area contributed by atoms with Crippen LogP contribution in [0.3, 0.4) is 0 Å². The average molecular weight is 503 g/mol. The van der Waals surface area contributed by atoms with Crippen molar-refractivity contribution in [1.82, 2.24) is 9.97 Å². The van der Waals surface area contributed by atoms with Gasteiger partial charge in [-0.2, -0.15) is 8.78 Å². The van der Waals surface area contributed by atoms with Gasteiger partial charge in [0.2, 0.25) is 5.95 Å². The second-order valence-electron chi connectivity index (χ2n) is 7.20. The maximum atomic E-state index is 14.3. The van der Waals surface area contributed by atoms with Crippen molar-refractivity contribution in [1.29, 1.82) is 0 Å². The van der Waals surface area contributed by atoms with Crippen LogP contribution < -0.4 is 15.2 Å². The minimum Gasteiger partial charge on any atom is -0.496 e. The molecule has 9 nitrogen and oxygen atoms in total. The van der Waals surface area contributed by atoms with E-state index in [0.717, 1.165) is 16.8 Å². The van der Waals surface area contributed by atoms with E-state index in [0.29, 0.717) is 17.9 Å². The number of nitrogens with zero attached hydrogens (tertiary/aromatic N) is 2. The molecule has 2 N–H and O–H groups in total. The minimum absolute atomic E-state index is 0.0652. The van der Waals surface area contributed by atoms with Crippen molar-refractivity contribution in [3.63, 3.8) is 0 Å². The Hall–Kier alpha value is -2.33. The molecule has 2 aromatic rings. The molecule has 0 saturated heterocycles. The predicted octanol–water partition coefficient (Wildman–Crippen LogP) is 4.61. The zero-order valence-electron chi connectivity index (χ0n) is 19.9. The standard InChI is InChI=1S/C22H32F2N3O6P/c1-5-32-34(28,33-6-2)22(23,24)9-10-30-11-12-31-19-8-7-17(20(14-19)29-4)13-18-15-26-21(25)27-16(18)3/h7-8,14-15H,5-6,9-13H2,1-4H3,(H2,25,26,27). The summed E-state index contributed by atoms with van der Waals surface area (Å²) in [7, 11) is -2.99. The molecule has 0 fully saturated rings. The summed E-state index contributed by atoms with van der Waals surface area (Å²) in [5.41, 5.74) is 4.59. The van der Waals surface area contributed by atoms with Crippen molar-refractivity contribution >= 4 is 13.5 Å². The molecule has 0 spiro atoms. The first-order chi connectivity index (χ1) is 16.2. The van der Waals surface area contributed by atoms with E-state index in [1.807, 2.05) is 13.0 Å². The van der Waals surface area contributed by atoms with Gasteiger partial charge in [-0.05, 0) is 38.0 Å². The van der Waals surface area contributed by atoms with Crippen LogP contribution in [0.4, 0.5) is 14.7 Å². The molecular weight excluding hydrogens is 471 g/mol. The lowest BCUT2D eigenvalue weighted by molar-refractivity contribution is -0.000497. The van der Waals surface area contributed by atoms with Gasteiger partial charge >= 0.3 is 13.3 Å². The van der Waals surface area contributed by atoms with E-state index < -0.39 is 19.7 Å². The number of halogens is 2. The van der Waals surface area contributed by atoms with Gasteiger partial charge in [0, 0.05) is 30.8 Å². The monoisotopic (exact) mass is 503 g/mol. The molecule has 190 valence electrons. The van der Waals surface area contributed by atoms with Gasteiger partial charge in [-0.25, -0.2) is 9.97 Å². The van der Waals surface area contributed by atoms with Gasteiger partial charge < -0.3 is 29.0 Å². The first kappa shape index (κ1) is 27.9. The van der Waals surface area contributed by atoms with Crippen LogP contribution in [0.15, 0.2) is 24.4 Å². The van der Waals surface area contributed by atoms with Crippen LogP contribution in [0.1, 0.15) is 37.1 Å². The summed E-state index contributed by atoms with van der Waals surface area (Å²) >= 11 is 0. The molecule has 1 aromatic heterocycles. The maximum Gasteiger partial charge on any atom is 0.399 e. The number of aryl methyl sites for hydroxylation is 1. The number of anilines is 1. The molecule has 2 rings (SSSR count). The summed E-state index contributed by atoms with van der Waals surface area (Å²) in [4.78, 5) is 8.20. The summed E-state index contributed by atoms with van der Waals surface area (Å²) < 4.78 is 66.6. The maximum absolute atomic E-state index is 14.3. The number of alkyl halides is 2. The van der Waals surface area contributed by atoms with E-state index in [2.05, 4.69) is 9.97 Å². The van der Waals surface area contributed by atoms with Gasteiger partial charge in [-0.3, -0.25) is 4.57 Å². The number of nitrogen functional groups attached to an aromatic ring is 1. The fourth-order valence-electron chi connectivity index (χ4n) is 3.07. The predicted molar refractivity (Wildman–Crippen MR) is 124 cm³/mol. The highest BCUT2D eigenvalue weighted by Gasteiger charge is 2.52. The van der Waals surface area contributed by atoms with Gasteiger partial charge in [0.05, 0.1) is 33.5 Å². The molecule has 1 aromatic carbocycles. The molecule has 0 aliphatic rings. The summed E-state index contributed by atoms with van der Waals surface area (Å²) in [5.74, 6) is 1.38. The van der Waals surface area contributed by atoms with Crippen LogP contribution in [-0.4, -0.2) is 55.8 Å². The highest BCUT2D eigenvalue weighted by molar-refractivity contribution is 7.55. The third-order valence-corrected chi connectivity index (χ3v) is 7.00. The van der Waals surface area contributed by atoms with Crippen molar-refractivity contribution in [2.75, 3.05) is 45.9 Å². The molecule has 0 bridgehead atoms. The van der Waals surface area contributed by atoms with Crippen molar-refractivity contribution in [2.45, 2.75) is 39.3 Å². The van der Waals surface area contributed by atoms with E-state index in [1.54, 1.807) is 25.4 Å². The second-order valence-corrected chi connectivity index (χ2v) is 9.36. The summed E-state index contributed by atoms with van der Waals surface area (Å²) in [6.45, 7) is 4.40. The number of methoxy groups -OCH3 is 1. The van der Waals surface area contributed by atoms with Gasteiger partial charge in [0.25, 0.3) is 0 Å². The number of rotatable bonds is 15. The van der Waals surface area contributed by atoms with E-state index >= 15 is 0 Å². The van der Waals surface area contributed by atoms with Crippen molar-refractivity contribution in [2.24, 2.45) is 0 Å². The van der Waals surface area contributed by atoms with Crippen molar-refractivity contribution < 1.29 is 36.6 Å². The fourth-order valence-corrected chi connectivity index (χ4v) is 4.57. The largest absolute Gasteiger partial charge is 0.496 e. The molecule has 0 aliphatic heterocycles. The van der Waals surface area contributed by atoms with Crippen LogP contribution in [0, 0.1) is 6.92 Å². The molecule has 0 amide bonds. The Morgan fingerprint density at radius 1 is 1.09 bits per heavy atom. The smallest absolute Gasteiger partial charge is 0.399 e. The van der Waals surface area contributed by atoms with Crippen molar-refractivity contribution in [3.8, 4) is 11.5 Å². The van der Waals surface area contributed by atoms with E-state index in [1.165, 1.54) is 13.8 Å². The van der Waals surface area contributed by atoms with Crippen LogP contribution in [0.25, 0.3) is 0 Å². The molecule has 1 heterocycles. The molecule has 0 atom stereocenters. The molecular formula is C22H32F2N3O6P. The second kappa shape index (κ2) is 12.9. The Morgan fingerprint density at radius 3 is 2.41 bits per heavy atom. The van der Waals surface area contributed by atoms with Crippen LogP contribution in [0.5, 0.6) is 11.5 Å². The zero-order chi connectivity index (χ0) is 25.2. The van der Waals surface area contributed by atoms with Gasteiger partial charge in [-0.15, -0.1) is 0 Å². The number of hydrogen-bond donors (Lipinski definition) is 1.